The number of hydrogen-bond acceptors (Lipinski definition) is 4. The monoisotopic (exact) mass is 328 g/mol. The summed E-state index contributed by atoms with van der Waals surface area (Å²) >= 11 is 0. The van der Waals surface area contributed by atoms with Crippen molar-refractivity contribution in [1.29, 1.82) is 0 Å². The van der Waals surface area contributed by atoms with E-state index >= 15 is 0 Å². The fraction of sp³-hybridized carbons (Fsp3) is 0.429. The van der Waals surface area contributed by atoms with Gasteiger partial charge in [-0.3, -0.25) is 14.3 Å². The molecular weight excluding hydrogens is 308 g/mol. The Labute approximate surface area is 129 Å². The maximum Gasteiger partial charge on any atom is 0.303 e. The van der Waals surface area contributed by atoms with Crippen LogP contribution >= 0.6 is 0 Å². The molecule has 0 aliphatic carbocycles. The lowest BCUT2D eigenvalue weighted by molar-refractivity contribution is -0.137. The molecule has 0 fully saturated rings. The van der Waals surface area contributed by atoms with Gasteiger partial charge in [0.2, 0.25) is 10.0 Å². The SMILES string of the molecule is CCCS(=O)(=O)Nc1ccccc1C(=O)NCCCC(=O)O. The topological polar surface area (TPSA) is 113 Å². The van der Waals surface area contributed by atoms with Crippen LogP contribution in [0.3, 0.4) is 0 Å². The van der Waals surface area contributed by atoms with Crippen molar-refractivity contribution in [3.8, 4) is 0 Å². The van der Waals surface area contributed by atoms with Gasteiger partial charge in [0, 0.05) is 13.0 Å². The average molecular weight is 328 g/mol. The highest BCUT2D eigenvalue weighted by atomic mass is 32.2. The van der Waals surface area contributed by atoms with Crippen LogP contribution in [0.25, 0.3) is 0 Å². The predicted octanol–water partition coefficient (Wildman–Crippen LogP) is 1.43. The van der Waals surface area contributed by atoms with Crippen molar-refractivity contribution in [3.63, 3.8) is 0 Å². The first kappa shape index (κ1) is 18.0. The Hall–Kier alpha value is -2.09. The zero-order valence-electron chi connectivity index (χ0n) is 12.3. The van der Waals surface area contributed by atoms with E-state index in [1.54, 1.807) is 19.1 Å². The number of carboxylic acids is 1. The highest BCUT2D eigenvalue weighted by molar-refractivity contribution is 7.92. The molecule has 0 heterocycles. The van der Waals surface area contributed by atoms with E-state index in [1.165, 1.54) is 12.1 Å². The van der Waals surface area contributed by atoms with Crippen molar-refractivity contribution >= 4 is 27.6 Å². The second-order valence-corrected chi connectivity index (χ2v) is 6.56. The molecule has 0 bridgehead atoms. The molecule has 0 radical (unpaired) electrons. The number of nitrogens with one attached hydrogen (secondary N) is 2. The first-order valence-electron chi connectivity index (χ1n) is 6.95. The first-order chi connectivity index (χ1) is 10.4. The number of carboxylic acid groups (broad SMARTS) is 1. The van der Waals surface area contributed by atoms with Crippen molar-refractivity contribution in [2.75, 3.05) is 17.0 Å². The molecule has 8 heteroatoms. The maximum atomic E-state index is 12.1. The molecule has 122 valence electrons. The van der Waals surface area contributed by atoms with Crippen LogP contribution in [0, 0.1) is 0 Å². The quantitative estimate of drug-likeness (QED) is 0.594. The summed E-state index contributed by atoms with van der Waals surface area (Å²) in [6.07, 6.45) is 0.745. The summed E-state index contributed by atoms with van der Waals surface area (Å²) in [6, 6.07) is 6.28. The minimum atomic E-state index is -3.48. The first-order valence-corrected chi connectivity index (χ1v) is 8.60. The van der Waals surface area contributed by atoms with E-state index in [2.05, 4.69) is 10.0 Å². The molecular formula is C14H20N2O5S. The van der Waals surface area contributed by atoms with Gasteiger partial charge in [-0.05, 0) is 25.0 Å². The maximum absolute atomic E-state index is 12.1. The largest absolute Gasteiger partial charge is 0.481 e. The standard InChI is InChI=1S/C14H20N2O5S/c1-2-10-22(20,21)16-12-7-4-3-6-11(12)14(19)15-9-5-8-13(17)18/h3-4,6-7,16H,2,5,8-10H2,1H3,(H,15,19)(H,17,18). The average Bonchev–Trinajstić information content (AvgIpc) is 2.43. The molecule has 1 rings (SSSR count). The van der Waals surface area contributed by atoms with Crippen molar-refractivity contribution in [1.82, 2.24) is 5.32 Å². The Bertz CT molecular complexity index is 628. The van der Waals surface area contributed by atoms with Crippen LogP contribution < -0.4 is 10.0 Å². The van der Waals surface area contributed by atoms with Crippen molar-refractivity contribution in [2.45, 2.75) is 26.2 Å². The van der Waals surface area contributed by atoms with Crippen LogP contribution in [0.4, 0.5) is 5.69 Å². The van der Waals surface area contributed by atoms with Crippen LogP contribution in [0.15, 0.2) is 24.3 Å². The number of amides is 1. The number of benzene rings is 1. The number of hydrogen-bond donors (Lipinski definition) is 3. The van der Waals surface area contributed by atoms with Crippen LogP contribution in [0.1, 0.15) is 36.5 Å². The highest BCUT2D eigenvalue weighted by Gasteiger charge is 2.15. The molecule has 0 saturated carbocycles. The van der Waals surface area contributed by atoms with E-state index in [9.17, 15) is 18.0 Å². The second kappa shape index (κ2) is 8.38. The van der Waals surface area contributed by atoms with Crippen LogP contribution in [0.5, 0.6) is 0 Å². The molecule has 7 nitrogen and oxygen atoms in total. The van der Waals surface area contributed by atoms with Crippen molar-refractivity contribution in [2.24, 2.45) is 0 Å². The number of carbonyl (C=O) groups excluding carboxylic acids is 1. The summed E-state index contributed by atoms with van der Waals surface area (Å²) in [5, 5.41) is 11.1. The van der Waals surface area contributed by atoms with Gasteiger partial charge in [-0.1, -0.05) is 19.1 Å². The van der Waals surface area contributed by atoms with Gasteiger partial charge in [-0.15, -0.1) is 0 Å². The second-order valence-electron chi connectivity index (χ2n) is 4.72. The molecule has 0 atom stereocenters. The molecule has 0 spiro atoms. The lowest BCUT2D eigenvalue weighted by atomic mass is 10.1. The number of rotatable bonds is 9. The van der Waals surface area contributed by atoms with Crippen LogP contribution in [-0.2, 0) is 14.8 Å². The lowest BCUT2D eigenvalue weighted by Crippen LogP contribution is -2.27. The lowest BCUT2D eigenvalue weighted by Gasteiger charge is -2.12. The number of sulfonamides is 1. The number of para-hydroxylation sites is 1. The number of carbonyl (C=O) groups is 2. The zero-order valence-corrected chi connectivity index (χ0v) is 13.1. The van der Waals surface area contributed by atoms with E-state index < -0.39 is 21.9 Å². The van der Waals surface area contributed by atoms with Crippen LogP contribution in [-0.4, -0.2) is 37.7 Å². The molecule has 1 amide bonds. The van der Waals surface area contributed by atoms with Gasteiger partial charge in [0.15, 0.2) is 0 Å². The zero-order chi connectivity index (χ0) is 16.6. The van der Waals surface area contributed by atoms with Crippen molar-refractivity contribution in [3.05, 3.63) is 29.8 Å². The summed E-state index contributed by atoms with van der Waals surface area (Å²) in [6.45, 7) is 1.96. The van der Waals surface area contributed by atoms with Gasteiger partial charge in [-0.2, -0.15) is 0 Å². The van der Waals surface area contributed by atoms with Gasteiger partial charge < -0.3 is 10.4 Å². The van der Waals surface area contributed by atoms with Gasteiger partial charge in [0.25, 0.3) is 5.91 Å². The van der Waals surface area contributed by atoms with E-state index in [4.69, 9.17) is 5.11 Å². The van der Waals surface area contributed by atoms with Gasteiger partial charge in [-0.25, -0.2) is 8.42 Å². The molecule has 0 unspecified atom stereocenters. The van der Waals surface area contributed by atoms with E-state index in [0.29, 0.717) is 12.8 Å². The van der Waals surface area contributed by atoms with E-state index in [1.807, 2.05) is 0 Å². The van der Waals surface area contributed by atoms with Crippen LogP contribution in [0.2, 0.25) is 0 Å². The van der Waals surface area contributed by atoms with Gasteiger partial charge >= 0.3 is 5.97 Å². The molecule has 1 aromatic carbocycles. The third-order valence-electron chi connectivity index (χ3n) is 2.76. The predicted molar refractivity (Wildman–Crippen MR) is 83.3 cm³/mol. The van der Waals surface area contributed by atoms with E-state index in [-0.39, 0.29) is 30.0 Å². The summed E-state index contributed by atoms with van der Waals surface area (Å²) in [7, 11) is -3.48. The summed E-state index contributed by atoms with van der Waals surface area (Å²) in [5.41, 5.74) is 0.421. The number of aliphatic carboxylic acids is 1. The molecule has 3 N–H and O–H groups in total. The summed E-state index contributed by atoms with van der Waals surface area (Å²) in [5.74, 6) is -1.40. The fourth-order valence-corrected chi connectivity index (χ4v) is 2.95. The minimum absolute atomic E-state index is 0.0262. The fourth-order valence-electron chi connectivity index (χ4n) is 1.79. The normalized spacial score (nSPS) is 11.0. The third-order valence-corrected chi connectivity index (χ3v) is 4.24. The highest BCUT2D eigenvalue weighted by Crippen LogP contribution is 2.17. The minimum Gasteiger partial charge on any atom is -0.481 e. The van der Waals surface area contributed by atoms with Crippen molar-refractivity contribution < 1.29 is 23.1 Å². The number of anilines is 1. The van der Waals surface area contributed by atoms with E-state index in [0.717, 1.165) is 0 Å². The Morgan fingerprint density at radius 1 is 1.23 bits per heavy atom. The Kier molecular flexibility index (Phi) is 6.84. The molecule has 1 aromatic rings. The summed E-state index contributed by atoms with van der Waals surface area (Å²) < 4.78 is 26.0. The Balaban J connectivity index is 2.74. The molecule has 0 aliphatic rings. The molecule has 0 aromatic heterocycles. The molecule has 0 aliphatic heterocycles. The molecule has 22 heavy (non-hydrogen) atoms. The Morgan fingerprint density at radius 2 is 1.91 bits per heavy atom. The third kappa shape index (κ3) is 6.13. The Morgan fingerprint density at radius 3 is 2.55 bits per heavy atom. The summed E-state index contributed by atoms with van der Waals surface area (Å²) in [4.78, 5) is 22.5. The van der Waals surface area contributed by atoms with Gasteiger partial charge in [0.05, 0.1) is 17.0 Å². The molecule has 0 saturated heterocycles. The smallest absolute Gasteiger partial charge is 0.303 e. The van der Waals surface area contributed by atoms with Gasteiger partial charge in [0.1, 0.15) is 0 Å².